The second-order valence-corrected chi connectivity index (χ2v) is 5.08. The van der Waals surface area contributed by atoms with Crippen molar-refractivity contribution in [3.05, 3.63) is 53.5 Å². The van der Waals surface area contributed by atoms with Gasteiger partial charge in [-0.25, -0.2) is 0 Å². The van der Waals surface area contributed by atoms with Gasteiger partial charge in [-0.3, -0.25) is 9.48 Å². The van der Waals surface area contributed by atoms with Crippen molar-refractivity contribution in [1.82, 2.24) is 20.1 Å². The molecular weight excluding hydrogens is 264 g/mol. The van der Waals surface area contributed by atoms with E-state index in [1.165, 1.54) is 0 Å². The first-order chi connectivity index (χ1) is 10.2. The maximum atomic E-state index is 12.2. The summed E-state index contributed by atoms with van der Waals surface area (Å²) in [6.07, 6.45) is 2.81. The Morgan fingerprint density at radius 3 is 2.95 bits per heavy atom. The summed E-state index contributed by atoms with van der Waals surface area (Å²) in [4.78, 5) is 15.4. The van der Waals surface area contributed by atoms with E-state index in [0.29, 0.717) is 12.2 Å². The number of aromatic nitrogens is 3. The monoisotopic (exact) mass is 282 g/mol. The highest BCUT2D eigenvalue weighted by molar-refractivity contribution is 5.97. The molecule has 2 heterocycles. The molecule has 0 saturated carbocycles. The Bertz CT molecular complexity index is 752. The highest BCUT2D eigenvalue weighted by Gasteiger charge is 2.11. The summed E-state index contributed by atoms with van der Waals surface area (Å²) >= 11 is 0. The van der Waals surface area contributed by atoms with Crippen LogP contribution in [0.5, 0.6) is 0 Å². The molecule has 0 atom stereocenters. The van der Waals surface area contributed by atoms with Crippen LogP contribution < -0.4 is 5.32 Å². The molecule has 0 bridgehead atoms. The number of aromatic amines is 1. The summed E-state index contributed by atoms with van der Waals surface area (Å²) in [5.41, 5.74) is 3.63. The lowest BCUT2D eigenvalue weighted by Gasteiger charge is -2.03. The van der Waals surface area contributed by atoms with E-state index >= 15 is 0 Å². The zero-order chi connectivity index (χ0) is 14.8. The molecule has 0 aliphatic carbocycles. The first-order valence-corrected chi connectivity index (χ1v) is 7.04. The Hall–Kier alpha value is -2.56. The fraction of sp³-hybridized carbons (Fsp3) is 0.250. The van der Waals surface area contributed by atoms with Gasteiger partial charge in [-0.1, -0.05) is 25.1 Å². The molecule has 0 aliphatic heterocycles. The quantitative estimate of drug-likeness (QED) is 0.772. The Morgan fingerprint density at radius 1 is 1.38 bits per heavy atom. The van der Waals surface area contributed by atoms with Gasteiger partial charge < -0.3 is 10.3 Å². The summed E-state index contributed by atoms with van der Waals surface area (Å²) in [6.45, 7) is 2.55. The molecule has 0 saturated heterocycles. The Kier molecular flexibility index (Phi) is 3.48. The average Bonchev–Trinajstić information content (AvgIpc) is 3.07. The van der Waals surface area contributed by atoms with E-state index in [-0.39, 0.29) is 5.91 Å². The van der Waals surface area contributed by atoms with Gasteiger partial charge in [0.2, 0.25) is 0 Å². The van der Waals surface area contributed by atoms with Gasteiger partial charge in [-0.15, -0.1) is 0 Å². The van der Waals surface area contributed by atoms with E-state index < -0.39 is 0 Å². The molecular formula is C16H18N4O. The van der Waals surface area contributed by atoms with Crippen LogP contribution in [0.1, 0.15) is 28.7 Å². The molecule has 108 valence electrons. The van der Waals surface area contributed by atoms with Gasteiger partial charge in [-0.2, -0.15) is 5.10 Å². The maximum Gasteiger partial charge on any atom is 0.267 e. The minimum absolute atomic E-state index is 0.0999. The van der Waals surface area contributed by atoms with Crippen molar-refractivity contribution in [3.8, 4) is 0 Å². The van der Waals surface area contributed by atoms with Gasteiger partial charge in [0, 0.05) is 36.3 Å². The summed E-state index contributed by atoms with van der Waals surface area (Å²) in [5, 5.41) is 8.35. The van der Waals surface area contributed by atoms with E-state index in [0.717, 1.165) is 28.6 Å². The van der Waals surface area contributed by atoms with Crippen LogP contribution in [-0.4, -0.2) is 20.7 Å². The molecule has 21 heavy (non-hydrogen) atoms. The van der Waals surface area contributed by atoms with Gasteiger partial charge in [0.05, 0.1) is 5.69 Å². The Balaban J connectivity index is 1.74. The van der Waals surface area contributed by atoms with Crippen molar-refractivity contribution in [1.29, 1.82) is 0 Å². The lowest BCUT2D eigenvalue weighted by Crippen LogP contribution is -2.23. The van der Waals surface area contributed by atoms with Gasteiger partial charge >= 0.3 is 0 Å². The molecule has 5 heteroatoms. The lowest BCUT2D eigenvalue weighted by atomic mass is 10.2. The second-order valence-electron chi connectivity index (χ2n) is 5.08. The smallest absolute Gasteiger partial charge is 0.267 e. The Morgan fingerprint density at radius 2 is 2.19 bits per heavy atom. The third kappa shape index (κ3) is 2.67. The number of rotatable bonds is 4. The first kappa shape index (κ1) is 13.4. The first-order valence-electron chi connectivity index (χ1n) is 7.04. The number of amides is 1. The molecule has 0 radical (unpaired) electrons. The number of benzene rings is 1. The number of hydrogen-bond acceptors (Lipinski definition) is 2. The van der Waals surface area contributed by atoms with Crippen LogP contribution in [0.15, 0.2) is 36.5 Å². The van der Waals surface area contributed by atoms with Crippen LogP contribution in [-0.2, 0) is 20.0 Å². The molecule has 3 aromatic rings. The van der Waals surface area contributed by atoms with Gasteiger partial charge in [0.1, 0.15) is 5.69 Å². The fourth-order valence-corrected chi connectivity index (χ4v) is 2.50. The zero-order valence-electron chi connectivity index (χ0n) is 12.2. The second kappa shape index (κ2) is 5.44. The molecule has 3 rings (SSSR count). The number of carbonyl (C=O) groups is 1. The number of carbonyl (C=O) groups excluding carboxylic acids is 1. The number of hydrogen-bond donors (Lipinski definition) is 2. The van der Waals surface area contributed by atoms with Crippen LogP contribution in [0.4, 0.5) is 0 Å². The number of nitrogens with zero attached hydrogens (tertiary/aromatic N) is 2. The number of fused-ring (bicyclic) bond motifs is 1. The van der Waals surface area contributed by atoms with E-state index in [9.17, 15) is 4.79 Å². The molecule has 2 N–H and O–H groups in total. The van der Waals surface area contributed by atoms with Crippen LogP contribution in [0.3, 0.4) is 0 Å². The van der Waals surface area contributed by atoms with Gasteiger partial charge in [0.15, 0.2) is 0 Å². The third-order valence-electron chi connectivity index (χ3n) is 3.54. The molecule has 1 amide bonds. The molecule has 5 nitrogen and oxygen atoms in total. The fourth-order valence-electron chi connectivity index (χ4n) is 2.50. The summed E-state index contributed by atoms with van der Waals surface area (Å²) in [6, 6.07) is 9.72. The van der Waals surface area contributed by atoms with Crippen molar-refractivity contribution < 1.29 is 4.79 Å². The van der Waals surface area contributed by atoms with Gasteiger partial charge in [-0.05, 0) is 18.6 Å². The number of H-pyrrole nitrogens is 1. The van der Waals surface area contributed by atoms with Crippen LogP contribution in [0.2, 0.25) is 0 Å². The van der Waals surface area contributed by atoms with E-state index in [4.69, 9.17) is 0 Å². The molecule has 0 spiro atoms. The highest BCUT2D eigenvalue weighted by Crippen LogP contribution is 2.14. The van der Waals surface area contributed by atoms with Crippen LogP contribution in [0, 0.1) is 0 Å². The topological polar surface area (TPSA) is 62.7 Å². The van der Waals surface area contributed by atoms with Crippen molar-refractivity contribution >= 4 is 16.8 Å². The van der Waals surface area contributed by atoms with Crippen molar-refractivity contribution in [2.24, 2.45) is 7.05 Å². The number of para-hydroxylation sites is 1. The normalized spacial score (nSPS) is 11.0. The predicted octanol–water partition coefficient (Wildman–Crippen LogP) is 2.39. The van der Waals surface area contributed by atoms with Gasteiger partial charge in [0.25, 0.3) is 5.91 Å². The molecule has 1 aromatic carbocycles. The third-order valence-corrected chi connectivity index (χ3v) is 3.54. The van der Waals surface area contributed by atoms with Crippen LogP contribution >= 0.6 is 0 Å². The van der Waals surface area contributed by atoms with Crippen LogP contribution in [0.25, 0.3) is 10.9 Å². The highest BCUT2D eigenvalue weighted by atomic mass is 16.1. The minimum atomic E-state index is -0.0999. The largest absolute Gasteiger partial charge is 0.351 e. The summed E-state index contributed by atoms with van der Waals surface area (Å²) in [5.74, 6) is -0.0999. The minimum Gasteiger partial charge on any atom is -0.351 e. The molecule has 0 unspecified atom stereocenters. The molecule has 2 aromatic heterocycles. The summed E-state index contributed by atoms with van der Waals surface area (Å²) in [7, 11) is 1.89. The van der Waals surface area contributed by atoms with E-state index in [1.807, 2.05) is 43.6 Å². The SMILES string of the molecule is CCc1nn(C)cc1CNC(=O)c1cc2ccccc2[nH]1. The van der Waals surface area contributed by atoms with Crippen molar-refractivity contribution in [2.75, 3.05) is 0 Å². The number of aryl methyl sites for hydroxylation is 2. The van der Waals surface area contributed by atoms with Crippen molar-refractivity contribution in [2.45, 2.75) is 19.9 Å². The summed E-state index contributed by atoms with van der Waals surface area (Å²) < 4.78 is 1.78. The number of nitrogens with one attached hydrogen (secondary N) is 2. The maximum absolute atomic E-state index is 12.2. The lowest BCUT2D eigenvalue weighted by molar-refractivity contribution is 0.0946. The predicted molar refractivity (Wildman–Crippen MR) is 82.1 cm³/mol. The molecule has 0 aliphatic rings. The van der Waals surface area contributed by atoms with E-state index in [2.05, 4.69) is 22.3 Å². The average molecular weight is 282 g/mol. The molecule has 0 fully saturated rings. The van der Waals surface area contributed by atoms with E-state index in [1.54, 1.807) is 4.68 Å². The Labute approximate surface area is 123 Å². The zero-order valence-corrected chi connectivity index (χ0v) is 12.2. The van der Waals surface area contributed by atoms with Crippen molar-refractivity contribution in [3.63, 3.8) is 0 Å². The standard InChI is InChI=1S/C16H18N4O/c1-3-13-12(10-20(2)19-13)9-17-16(21)15-8-11-6-4-5-7-14(11)18-15/h4-8,10,18H,3,9H2,1-2H3,(H,17,21).